The van der Waals surface area contributed by atoms with E-state index in [9.17, 15) is 0 Å². The summed E-state index contributed by atoms with van der Waals surface area (Å²) in [6, 6.07) is 13.4. The minimum Gasteiger partial charge on any atom is -0.329 e. The summed E-state index contributed by atoms with van der Waals surface area (Å²) in [6.07, 6.45) is 7.87. The fourth-order valence-corrected chi connectivity index (χ4v) is 5.03. The van der Waals surface area contributed by atoms with Crippen molar-refractivity contribution in [2.75, 3.05) is 13.1 Å². The van der Waals surface area contributed by atoms with Crippen LogP contribution >= 0.6 is 11.6 Å². The van der Waals surface area contributed by atoms with Crippen molar-refractivity contribution in [3.63, 3.8) is 0 Å². The number of aryl methyl sites for hydroxylation is 2. The van der Waals surface area contributed by atoms with Crippen molar-refractivity contribution in [3.05, 3.63) is 64.4 Å². The van der Waals surface area contributed by atoms with Crippen LogP contribution in [0.1, 0.15) is 42.1 Å². The smallest absolute Gasteiger partial charge is 0.140 e. The second-order valence-electron chi connectivity index (χ2n) is 7.57. The van der Waals surface area contributed by atoms with Crippen molar-refractivity contribution in [2.45, 2.75) is 44.7 Å². The Kier molecular flexibility index (Phi) is 4.22. The number of halogens is 1. The van der Waals surface area contributed by atoms with Crippen LogP contribution in [-0.2, 0) is 19.4 Å². The molecular weight excluding hydrogens is 342 g/mol. The number of rotatable bonds is 3. The highest BCUT2D eigenvalue weighted by Gasteiger charge is 2.34. The molecule has 3 aromatic rings. The van der Waals surface area contributed by atoms with Crippen LogP contribution < -0.4 is 0 Å². The first-order valence-electron chi connectivity index (χ1n) is 9.76. The van der Waals surface area contributed by atoms with E-state index in [1.165, 1.54) is 54.6 Å². The molecule has 1 atom stereocenters. The predicted octanol–water partition coefficient (Wildman–Crippen LogP) is 5.02. The highest BCUT2D eigenvalue weighted by atomic mass is 35.5. The Balaban J connectivity index is 1.60. The topological polar surface area (TPSA) is 21.1 Å². The molecule has 4 heteroatoms. The van der Waals surface area contributed by atoms with E-state index >= 15 is 0 Å². The molecular formula is C22H24ClN3. The molecule has 0 aliphatic carbocycles. The third-order valence-corrected chi connectivity index (χ3v) is 6.27. The molecule has 0 amide bonds. The van der Waals surface area contributed by atoms with Gasteiger partial charge in [-0.1, -0.05) is 48.4 Å². The Bertz CT molecular complexity index is 931. The summed E-state index contributed by atoms with van der Waals surface area (Å²) >= 11 is 6.33. The zero-order valence-corrected chi connectivity index (χ0v) is 15.8. The Hall–Kier alpha value is -1.84. The Morgan fingerprint density at radius 1 is 1.12 bits per heavy atom. The maximum Gasteiger partial charge on any atom is 0.140 e. The minimum absolute atomic E-state index is 0.549. The van der Waals surface area contributed by atoms with Crippen LogP contribution in [0.5, 0.6) is 0 Å². The van der Waals surface area contributed by atoms with E-state index < -0.39 is 0 Å². The molecule has 5 rings (SSSR count). The van der Waals surface area contributed by atoms with Crippen LogP contribution in [0.3, 0.4) is 0 Å². The summed E-state index contributed by atoms with van der Waals surface area (Å²) in [7, 11) is 0. The summed E-state index contributed by atoms with van der Waals surface area (Å²) < 4.78 is 2.47. The van der Waals surface area contributed by atoms with Crippen molar-refractivity contribution in [3.8, 4) is 0 Å². The third-order valence-electron chi connectivity index (χ3n) is 6.07. The molecule has 4 heterocycles. The lowest BCUT2D eigenvalue weighted by atomic mass is 9.89. The number of hydrogen-bond donors (Lipinski definition) is 0. The van der Waals surface area contributed by atoms with Gasteiger partial charge in [0.1, 0.15) is 5.65 Å². The highest BCUT2D eigenvalue weighted by Crippen LogP contribution is 2.42. The van der Waals surface area contributed by atoms with Gasteiger partial charge in [0.2, 0.25) is 0 Å². The molecule has 1 saturated heterocycles. The van der Waals surface area contributed by atoms with Gasteiger partial charge in [-0.3, -0.25) is 4.90 Å². The molecule has 0 spiro atoms. The number of pyridine rings is 1. The standard InChI is InChI=1S/C22H24ClN3/c23-17-14-18-21-19-8-4-5-11-25(19)12-10-20(21)26(22(18)24-15-17)13-9-16-6-2-1-3-7-16/h1-3,6-7,14-15,19H,4-5,8-13H2. The molecule has 1 aromatic carbocycles. The molecule has 1 unspecified atom stereocenters. The van der Waals surface area contributed by atoms with E-state index in [0.29, 0.717) is 6.04 Å². The zero-order chi connectivity index (χ0) is 17.5. The van der Waals surface area contributed by atoms with Crippen LogP contribution in [0.4, 0.5) is 0 Å². The summed E-state index contributed by atoms with van der Waals surface area (Å²) in [4.78, 5) is 7.42. The first kappa shape index (κ1) is 16.3. The molecule has 2 aliphatic heterocycles. The van der Waals surface area contributed by atoms with Gasteiger partial charge in [-0.15, -0.1) is 0 Å². The molecule has 0 bridgehead atoms. The molecule has 134 valence electrons. The molecule has 0 radical (unpaired) electrons. The lowest BCUT2D eigenvalue weighted by molar-refractivity contribution is 0.138. The van der Waals surface area contributed by atoms with Crippen molar-refractivity contribution in [1.82, 2.24) is 14.5 Å². The molecule has 2 aliphatic rings. The van der Waals surface area contributed by atoms with Crippen LogP contribution in [0, 0.1) is 0 Å². The predicted molar refractivity (Wildman–Crippen MR) is 107 cm³/mol. The molecule has 2 aromatic heterocycles. The highest BCUT2D eigenvalue weighted by molar-refractivity contribution is 6.31. The summed E-state index contributed by atoms with van der Waals surface area (Å²) in [5.74, 6) is 0. The third kappa shape index (κ3) is 2.74. The number of benzene rings is 1. The lowest BCUT2D eigenvalue weighted by Crippen LogP contribution is -2.39. The molecule has 0 saturated carbocycles. The largest absolute Gasteiger partial charge is 0.329 e. The van der Waals surface area contributed by atoms with Gasteiger partial charge in [-0.2, -0.15) is 0 Å². The quantitative estimate of drug-likeness (QED) is 0.650. The Labute approximate surface area is 159 Å². The number of aromatic nitrogens is 2. The number of nitrogens with zero attached hydrogens (tertiary/aromatic N) is 3. The van der Waals surface area contributed by atoms with Crippen LogP contribution in [0.25, 0.3) is 11.0 Å². The van der Waals surface area contributed by atoms with Crippen LogP contribution in [0.2, 0.25) is 5.02 Å². The fraction of sp³-hybridized carbons (Fsp3) is 0.409. The number of piperidine rings is 1. The second kappa shape index (κ2) is 6.71. The summed E-state index contributed by atoms with van der Waals surface area (Å²) in [6.45, 7) is 3.39. The Morgan fingerprint density at radius 3 is 2.88 bits per heavy atom. The van der Waals surface area contributed by atoms with Gasteiger partial charge < -0.3 is 4.57 Å². The normalized spacial score (nSPS) is 20.1. The average Bonchev–Trinajstić information content (AvgIpc) is 3.00. The van der Waals surface area contributed by atoms with Gasteiger partial charge in [-0.05, 0) is 43.0 Å². The fourth-order valence-electron chi connectivity index (χ4n) is 4.88. The zero-order valence-electron chi connectivity index (χ0n) is 15.0. The second-order valence-corrected chi connectivity index (χ2v) is 8.01. The first-order chi connectivity index (χ1) is 12.8. The summed E-state index contributed by atoms with van der Waals surface area (Å²) in [5, 5.41) is 2.02. The van der Waals surface area contributed by atoms with E-state index in [1.807, 2.05) is 0 Å². The number of hydrogen-bond acceptors (Lipinski definition) is 2. The van der Waals surface area contributed by atoms with Crippen LogP contribution in [0.15, 0.2) is 42.6 Å². The van der Waals surface area contributed by atoms with Gasteiger partial charge in [0.25, 0.3) is 0 Å². The van der Waals surface area contributed by atoms with Crippen LogP contribution in [-0.4, -0.2) is 27.5 Å². The minimum atomic E-state index is 0.549. The van der Waals surface area contributed by atoms with Gasteiger partial charge in [-0.25, -0.2) is 4.98 Å². The monoisotopic (exact) mass is 365 g/mol. The van der Waals surface area contributed by atoms with Gasteiger partial charge in [0, 0.05) is 42.8 Å². The van der Waals surface area contributed by atoms with E-state index in [2.05, 4.69) is 45.9 Å². The maximum absolute atomic E-state index is 6.33. The molecule has 1 fully saturated rings. The Morgan fingerprint density at radius 2 is 2.00 bits per heavy atom. The van der Waals surface area contributed by atoms with Gasteiger partial charge >= 0.3 is 0 Å². The van der Waals surface area contributed by atoms with Gasteiger partial charge in [0.15, 0.2) is 0 Å². The lowest BCUT2D eigenvalue weighted by Gasteiger charge is -2.39. The van der Waals surface area contributed by atoms with Crippen molar-refractivity contribution >= 4 is 22.6 Å². The van der Waals surface area contributed by atoms with E-state index in [1.54, 1.807) is 6.20 Å². The SMILES string of the molecule is Clc1cnc2c(c1)c1c(n2CCc2ccccc2)CCN2CCCCC12. The van der Waals surface area contributed by atoms with E-state index in [0.717, 1.165) is 30.1 Å². The average molecular weight is 366 g/mol. The van der Waals surface area contributed by atoms with Gasteiger partial charge in [0.05, 0.1) is 5.02 Å². The van der Waals surface area contributed by atoms with E-state index in [4.69, 9.17) is 16.6 Å². The molecule has 3 nitrogen and oxygen atoms in total. The van der Waals surface area contributed by atoms with E-state index in [-0.39, 0.29) is 0 Å². The first-order valence-corrected chi connectivity index (χ1v) is 10.1. The van der Waals surface area contributed by atoms with Crippen molar-refractivity contribution in [2.24, 2.45) is 0 Å². The van der Waals surface area contributed by atoms with Crippen molar-refractivity contribution in [1.29, 1.82) is 0 Å². The number of fused-ring (bicyclic) bond motifs is 5. The summed E-state index contributed by atoms with van der Waals surface area (Å²) in [5.41, 5.74) is 5.50. The van der Waals surface area contributed by atoms with Crippen molar-refractivity contribution < 1.29 is 0 Å². The maximum atomic E-state index is 6.33. The molecule has 26 heavy (non-hydrogen) atoms. The molecule has 0 N–H and O–H groups in total.